The van der Waals surface area contributed by atoms with Crippen LogP contribution in [0.15, 0.2) is 109 Å². The SMILES string of the molecule is CC/C=C\C/C=C\C/C=C\C/C=C\C/C=C\CCCCCC(=O)O[C@H](COC(=O)CCCCCCC/C=C\CCCCCCCC)COP(=O)(O)OC[C@@H](O)COP(=O)(O)OC[C@@H](COC(=O)CCCCCCCCC/C=C\CCCCCC)OC(=O)CCCCCCC/C=C\C/C=C\CCCCC. The third-order valence-electron chi connectivity index (χ3n) is 17.2. The second-order valence-electron chi connectivity index (χ2n) is 27.3. The van der Waals surface area contributed by atoms with Crippen molar-refractivity contribution in [2.45, 2.75) is 367 Å². The molecule has 2 unspecified atom stereocenters. The van der Waals surface area contributed by atoms with E-state index in [4.69, 9.17) is 37.0 Å². The van der Waals surface area contributed by atoms with Crippen LogP contribution in [-0.4, -0.2) is 96.7 Å². The maximum atomic E-state index is 13.1. The van der Waals surface area contributed by atoms with Gasteiger partial charge in [-0.15, -0.1) is 0 Å². The zero-order valence-electron chi connectivity index (χ0n) is 65.7. The number of allylic oxidation sites excluding steroid dienone is 18. The first kappa shape index (κ1) is 99.7. The number of phosphoric ester groups is 2. The lowest BCUT2D eigenvalue weighted by atomic mass is 10.1. The lowest BCUT2D eigenvalue weighted by molar-refractivity contribution is -0.161. The lowest BCUT2D eigenvalue weighted by Gasteiger charge is -2.21. The van der Waals surface area contributed by atoms with Gasteiger partial charge in [0.2, 0.25) is 0 Å². The minimum Gasteiger partial charge on any atom is -0.462 e. The lowest BCUT2D eigenvalue weighted by Crippen LogP contribution is -2.30. The molecule has 0 aromatic carbocycles. The summed E-state index contributed by atoms with van der Waals surface area (Å²) in [5.74, 6) is -2.23. The molecule has 3 N–H and O–H groups in total. The monoisotopic (exact) mass is 1500 g/mol. The Morgan fingerprint density at radius 2 is 0.500 bits per heavy atom. The fourth-order valence-electron chi connectivity index (χ4n) is 10.9. The number of carbonyl (C=O) groups excluding carboxylic acids is 4. The summed E-state index contributed by atoms with van der Waals surface area (Å²) in [7, 11) is -9.98. The number of aliphatic hydroxyl groups is 1. The average Bonchev–Trinajstić information content (AvgIpc) is 0.943. The van der Waals surface area contributed by atoms with Crippen LogP contribution >= 0.6 is 15.6 Å². The quantitative estimate of drug-likeness (QED) is 0.0169. The highest BCUT2D eigenvalue weighted by Crippen LogP contribution is 2.45. The Balaban J connectivity index is 5.41. The van der Waals surface area contributed by atoms with Gasteiger partial charge in [-0.05, 0) is 154 Å². The molecule has 0 aromatic rings. The molecule has 5 atom stereocenters. The fraction of sp³-hybridized carbons (Fsp3) is 0.741. The maximum Gasteiger partial charge on any atom is 0.472 e. The number of unbranched alkanes of at least 4 members (excludes halogenated alkanes) is 33. The Morgan fingerprint density at radius 1 is 0.279 bits per heavy atom. The van der Waals surface area contributed by atoms with Crippen molar-refractivity contribution in [1.82, 2.24) is 0 Å². The molecule has 0 saturated heterocycles. The van der Waals surface area contributed by atoms with Crippen molar-refractivity contribution in [3.05, 3.63) is 109 Å². The van der Waals surface area contributed by atoms with Gasteiger partial charge in [0.1, 0.15) is 19.3 Å². The molecule has 0 amide bonds. The highest BCUT2D eigenvalue weighted by molar-refractivity contribution is 7.47. The third-order valence-corrected chi connectivity index (χ3v) is 19.1. The predicted molar refractivity (Wildman–Crippen MR) is 427 cm³/mol. The molecule has 0 aliphatic rings. The van der Waals surface area contributed by atoms with E-state index in [0.29, 0.717) is 25.7 Å². The molecule has 0 radical (unpaired) electrons. The molecule has 0 aliphatic heterocycles. The average molecular weight is 1500 g/mol. The molecule has 104 heavy (non-hydrogen) atoms. The molecule has 0 aromatic heterocycles. The van der Waals surface area contributed by atoms with E-state index in [0.717, 1.165) is 173 Å². The number of hydrogen-bond donors (Lipinski definition) is 3. The molecule has 0 heterocycles. The van der Waals surface area contributed by atoms with Crippen LogP contribution in [0, 0.1) is 0 Å². The van der Waals surface area contributed by atoms with Crippen LogP contribution in [0.25, 0.3) is 0 Å². The van der Waals surface area contributed by atoms with Gasteiger partial charge in [0.15, 0.2) is 12.2 Å². The first-order valence-electron chi connectivity index (χ1n) is 41.1. The van der Waals surface area contributed by atoms with Crippen molar-refractivity contribution in [3.63, 3.8) is 0 Å². The third kappa shape index (κ3) is 75.9. The number of ether oxygens (including phenoxy) is 4. The van der Waals surface area contributed by atoms with Gasteiger partial charge in [0.05, 0.1) is 26.4 Å². The molecular formula is C85H148O17P2. The molecule has 0 aliphatic carbocycles. The van der Waals surface area contributed by atoms with Gasteiger partial charge < -0.3 is 33.8 Å². The standard InChI is InChI=1S/C85H148O17P2/c1-5-9-13-17-21-25-29-33-37-38-39-40-44-48-52-56-60-64-68-72-85(90)102-81(76-96-83(88)70-66-62-58-54-50-46-42-35-31-27-23-19-15-11-7-3)78-100-104(93,94)98-74-79(86)73-97-103(91,92)99-77-80(101-84(89)71-67-63-59-55-51-47-43-36-32-28-24-20-16-12-8-4)75-95-82(87)69-65-61-57-53-49-45-41-34-30-26-22-18-14-10-6-2/h9,13,21,24-26,28,30,33,35-37,39-40,42-43,48,52,79-81,86H,5-8,10-12,14-20,22-23,27,29,31-32,34,38,41,44-47,49-51,53-78H2,1-4H3,(H,91,92)(H,93,94)/b13-9-,25-21-,28-24-,30-26-,37-33-,40-39-,42-35-,43-36-,52-48-/t79-,80+,81+/m0/s1. The number of esters is 4. The molecule has 0 rings (SSSR count). The van der Waals surface area contributed by atoms with E-state index in [2.05, 4.69) is 137 Å². The van der Waals surface area contributed by atoms with Gasteiger partial charge in [-0.2, -0.15) is 0 Å². The second-order valence-corrected chi connectivity index (χ2v) is 30.2. The molecule has 0 spiro atoms. The minimum absolute atomic E-state index is 0.0532. The number of hydrogen-bond acceptors (Lipinski definition) is 15. The summed E-state index contributed by atoms with van der Waals surface area (Å²) in [4.78, 5) is 73.1. The fourth-order valence-corrected chi connectivity index (χ4v) is 12.5. The van der Waals surface area contributed by atoms with Crippen LogP contribution < -0.4 is 0 Å². The highest BCUT2D eigenvalue weighted by atomic mass is 31.2. The summed E-state index contributed by atoms with van der Waals surface area (Å²) in [6.45, 7) is 4.69. The van der Waals surface area contributed by atoms with Gasteiger partial charge in [-0.25, -0.2) is 9.13 Å². The van der Waals surface area contributed by atoms with E-state index in [1.165, 1.54) is 96.3 Å². The zero-order chi connectivity index (χ0) is 76.0. The van der Waals surface area contributed by atoms with Crippen LogP contribution in [0.5, 0.6) is 0 Å². The van der Waals surface area contributed by atoms with E-state index >= 15 is 0 Å². The summed E-state index contributed by atoms with van der Waals surface area (Å²) in [5, 5.41) is 10.7. The van der Waals surface area contributed by atoms with Gasteiger partial charge >= 0.3 is 39.5 Å². The van der Waals surface area contributed by atoms with Crippen molar-refractivity contribution < 1.29 is 80.2 Å². The van der Waals surface area contributed by atoms with Gasteiger partial charge in [-0.3, -0.25) is 37.3 Å². The number of aliphatic hydroxyl groups excluding tert-OH is 1. The zero-order valence-corrected chi connectivity index (χ0v) is 67.5. The highest BCUT2D eigenvalue weighted by Gasteiger charge is 2.30. The number of phosphoric acid groups is 2. The van der Waals surface area contributed by atoms with Crippen molar-refractivity contribution in [3.8, 4) is 0 Å². The second kappa shape index (κ2) is 76.9. The summed E-state index contributed by atoms with van der Waals surface area (Å²) >= 11 is 0. The Bertz CT molecular complexity index is 2390. The van der Waals surface area contributed by atoms with Crippen molar-refractivity contribution in [1.29, 1.82) is 0 Å². The van der Waals surface area contributed by atoms with Gasteiger partial charge in [0, 0.05) is 25.7 Å². The Labute approximate surface area is 632 Å². The molecule has 17 nitrogen and oxygen atoms in total. The van der Waals surface area contributed by atoms with Crippen molar-refractivity contribution >= 4 is 39.5 Å². The summed E-state index contributed by atoms with van der Waals surface area (Å²) in [6, 6.07) is 0. The Morgan fingerprint density at radius 3 is 0.817 bits per heavy atom. The van der Waals surface area contributed by atoms with Crippen LogP contribution in [0.2, 0.25) is 0 Å². The van der Waals surface area contributed by atoms with Crippen LogP contribution in [-0.2, 0) is 65.4 Å². The molecule has 19 heteroatoms. The first-order chi connectivity index (χ1) is 50.7. The summed E-state index contributed by atoms with van der Waals surface area (Å²) < 4.78 is 68.7. The minimum atomic E-state index is -4.99. The molecule has 0 bridgehead atoms. The molecule has 600 valence electrons. The Kier molecular flexibility index (Phi) is 73.7. The maximum absolute atomic E-state index is 13.1. The summed E-state index contributed by atoms with van der Waals surface area (Å²) in [6.07, 6.45) is 83.4. The molecular weight excluding hydrogens is 1350 g/mol. The topological polar surface area (TPSA) is 237 Å². The van der Waals surface area contributed by atoms with E-state index in [-0.39, 0.29) is 25.7 Å². The van der Waals surface area contributed by atoms with E-state index < -0.39 is 97.5 Å². The van der Waals surface area contributed by atoms with Crippen LogP contribution in [0.3, 0.4) is 0 Å². The summed E-state index contributed by atoms with van der Waals surface area (Å²) in [5.41, 5.74) is 0. The van der Waals surface area contributed by atoms with Crippen LogP contribution in [0.1, 0.15) is 349 Å². The van der Waals surface area contributed by atoms with Gasteiger partial charge in [0.25, 0.3) is 0 Å². The molecule has 0 fully saturated rings. The van der Waals surface area contributed by atoms with E-state index in [1.54, 1.807) is 0 Å². The van der Waals surface area contributed by atoms with E-state index in [1.807, 2.05) is 0 Å². The first-order valence-corrected chi connectivity index (χ1v) is 44.1. The smallest absolute Gasteiger partial charge is 0.462 e. The number of rotatable bonds is 77. The molecule has 0 saturated carbocycles. The predicted octanol–water partition coefficient (Wildman–Crippen LogP) is 24.1. The normalized spacial score (nSPS) is 14.4. The van der Waals surface area contributed by atoms with Crippen molar-refractivity contribution in [2.75, 3.05) is 39.6 Å². The Hall–Kier alpha value is -4.28. The van der Waals surface area contributed by atoms with Crippen molar-refractivity contribution in [2.24, 2.45) is 0 Å². The van der Waals surface area contributed by atoms with Crippen LogP contribution in [0.4, 0.5) is 0 Å². The van der Waals surface area contributed by atoms with E-state index in [9.17, 15) is 43.2 Å². The largest absolute Gasteiger partial charge is 0.472 e. The number of carbonyl (C=O) groups is 4. The van der Waals surface area contributed by atoms with Gasteiger partial charge in [-0.1, -0.05) is 278 Å².